The molecule has 1 atom stereocenters. The maximum Gasteiger partial charge on any atom is 0.230 e. The van der Waals surface area contributed by atoms with Crippen molar-refractivity contribution in [2.75, 3.05) is 16.8 Å². The zero-order valence-corrected chi connectivity index (χ0v) is 17.7. The van der Waals surface area contributed by atoms with Crippen LogP contribution in [-0.4, -0.2) is 28.5 Å². The van der Waals surface area contributed by atoms with Crippen molar-refractivity contribution in [3.8, 4) is 10.7 Å². The summed E-state index contributed by atoms with van der Waals surface area (Å²) in [4.78, 5) is 33.3. The molecule has 1 saturated carbocycles. The molecule has 154 valence electrons. The molecule has 0 bridgehead atoms. The topological polar surface area (TPSA) is 88.3 Å². The van der Waals surface area contributed by atoms with Crippen LogP contribution >= 0.6 is 11.3 Å². The second-order valence-corrected chi connectivity index (χ2v) is 9.30. The van der Waals surface area contributed by atoms with Gasteiger partial charge in [0.25, 0.3) is 0 Å². The largest absolute Gasteiger partial charge is 0.339 e. The Hall–Kier alpha value is -3.00. The van der Waals surface area contributed by atoms with Gasteiger partial charge in [-0.15, -0.1) is 11.3 Å². The molecule has 1 aromatic carbocycles. The van der Waals surface area contributed by atoms with Crippen LogP contribution in [0.15, 0.2) is 34.9 Å². The van der Waals surface area contributed by atoms with Gasteiger partial charge in [-0.05, 0) is 44.9 Å². The molecule has 1 aliphatic carbocycles. The van der Waals surface area contributed by atoms with E-state index in [2.05, 4.69) is 15.5 Å². The van der Waals surface area contributed by atoms with Crippen LogP contribution < -0.4 is 10.2 Å². The summed E-state index contributed by atoms with van der Waals surface area (Å²) in [6.45, 7) is 4.34. The van der Waals surface area contributed by atoms with Crippen LogP contribution in [0.5, 0.6) is 0 Å². The zero-order valence-electron chi connectivity index (χ0n) is 16.8. The van der Waals surface area contributed by atoms with Gasteiger partial charge in [-0.1, -0.05) is 22.9 Å². The van der Waals surface area contributed by atoms with Crippen molar-refractivity contribution in [1.82, 2.24) is 10.1 Å². The van der Waals surface area contributed by atoms with Crippen molar-refractivity contribution >= 4 is 34.5 Å². The van der Waals surface area contributed by atoms with Gasteiger partial charge in [0.15, 0.2) is 0 Å². The number of carbonyl (C=O) groups is 2. The fourth-order valence-corrected chi connectivity index (χ4v) is 4.54. The highest BCUT2D eigenvalue weighted by Crippen LogP contribution is 2.40. The normalized spacial score (nSPS) is 18.8. The predicted molar refractivity (Wildman–Crippen MR) is 115 cm³/mol. The number of thiophene rings is 1. The number of amides is 2. The maximum atomic E-state index is 12.9. The van der Waals surface area contributed by atoms with E-state index in [9.17, 15) is 9.59 Å². The summed E-state index contributed by atoms with van der Waals surface area (Å²) in [6.07, 6.45) is 2.42. The second kappa shape index (κ2) is 7.36. The molecule has 2 amide bonds. The Kier molecular flexibility index (Phi) is 4.66. The average molecular weight is 423 g/mol. The Morgan fingerprint density at radius 1 is 1.23 bits per heavy atom. The van der Waals surface area contributed by atoms with E-state index in [1.165, 1.54) is 11.3 Å². The minimum Gasteiger partial charge on any atom is -0.339 e. The number of nitrogens with zero attached hydrogens (tertiary/aromatic N) is 3. The van der Waals surface area contributed by atoms with E-state index >= 15 is 0 Å². The number of aryl methyl sites for hydroxylation is 2. The van der Waals surface area contributed by atoms with Gasteiger partial charge in [0.05, 0.1) is 16.5 Å². The lowest BCUT2D eigenvalue weighted by atomic mass is 10.1. The van der Waals surface area contributed by atoms with Crippen LogP contribution in [0, 0.1) is 19.8 Å². The maximum absolute atomic E-state index is 12.9. The fraction of sp³-hybridized carbons (Fsp3) is 0.364. The molecule has 2 aliphatic rings. The standard InChI is InChI=1S/C22H22N4O3S/c1-12-3-7-16(8-4-12)26-11-15(9-19(26)27)21(28)23-17-10-18(30-13(17)2)20-24-22(29-25-20)14-5-6-14/h3-4,7-8,10,14-15H,5-6,9,11H2,1-2H3,(H,23,28). The molecule has 0 radical (unpaired) electrons. The van der Waals surface area contributed by atoms with Crippen LogP contribution in [0.4, 0.5) is 11.4 Å². The number of anilines is 2. The highest BCUT2D eigenvalue weighted by Gasteiger charge is 2.35. The smallest absolute Gasteiger partial charge is 0.230 e. The van der Waals surface area contributed by atoms with Gasteiger partial charge in [-0.3, -0.25) is 9.59 Å². The molecular weight excluding hydrogens is 400 g/mol. The van der Waals surface area contributed by atoms with Crippen molar-refractivity contribution in [2.24, 2.45) is 5.92 Å². The van der Waals surface area contributed by atoms with Crippen molar-refractivity contribution in [3.05, 3.63) is 46.7 Å². The summed E-state index contributed by atoms with van der Waals surface area (Å²) in [6, 6.07) is 9.67. The molecule has 2 aromatic heterocycles. The molecule has 1 N–H and O–H groups in total. The number of rotatable bonds is 5. The third-order valence-electron chi connectivity index (χ3n) is 5.61. The third kappa shape index (κ3) is 3.63. The number of benzene rings is 1. The van der Waals surface area contributed by atoms with Gasteiger partial charge < -0.3 is 14.7 Å². The Labute approximate surface area is 178 Å². The molecule has 7 nitrogen and oxygen atoms in total. The SMILES string of the molecule is Cc1ccc(N2CC(C(=O)Nc3cc(-c4noc(C5CC5)n4)sc3C)CC2=O)cc1. The first-order chi connectivity index (χ1) is 14.5. The molecule has 1 aliphatic heterocycles. The van der Waals surface area contributed by atoms with E-state index in [1.807, 2.05) is 44.2 Å². The van der Waals surface area contributed by atoms with Crippen molar-refractivity contribution in [1.29, 1.82) is 0 Å². The quantitative estimate of drug-likeness (QED) is 0.663. The van der Waals surface area contributed by atoms with E-state index in [1.54, 1.807) is 4.90 Å². The highest BCUT2D eigenvalue weighted by atomic mass is 32.1. The number of hydrogen-bond acceptors (Lipinski definition) is 6. The van der Waals surface area contributed by atoms with Gasteiger partial charge in [-0.2, -0.15) is 4.98 Å². The summed E-state index contributed by atoms with van der Waals surface area (Å²) in [5, 5.41) is 7.07. The Morgan fingerprint density at radius 2 is 2.00 bits per heavy atom. The molecule has 30 heavy (non-hydrogen) atoms. The molecule has 1 unspecified atom stereocenters. The van der Waals surface area contributed by atoms with E-state index < -0.39 is 0 Å². The van der Waals surface area contributed by atoms with Crippen molar-refractivity contribution in [3.63, 3.8) is 0 Å². The van der Waals surface area contributed by atoms with E-state index in [4.69, 9.17) is 4.52 Å². The van der Waals surface area contributed by atoms with Crippen LogP contribution in [-0.2, 0) is 9.59 Å². The van der Waals surface area contributed by atoms with Crippen LogP contribution in [0.3, 0.4) is 0 Å². The van der Waals surface area contributed by atoms with Crippen molar-refractivity contribution < 1.29 is 14.1 Å². The predicted octanol–water partition coefficient (Wildman–Crippen LogP) is 4.28. The minimum absolute atomic E-state index is 0.0267. The molecule has 8 heteroatoms. The molecule has 5 rings (SSSR count). The molecule has 3 heterocycles. The van der Waals surface area contributed by atoms with E-state index in [0.717, 1.165) is 39.5 Å². The summed E-state index contributed by atoms with van der Waals surface area (Å²) in [7, 11) is 0. The van der Waals surface area contributed by atoms with Gasteiger partial charge in [0.2, 0.25) is 23.5 Å². The zero-order chi connectivity index (χ0) is 20.8. The van der Waals surface area contributed by atoms with Crippen LogP contribution in [0.25, 0.3) is 10.7 Å². The Balaban J connectivity index is 1.28. The first-order valence-corrected chi connectivity index (χ1v) is 10.9. The van der Waals surface area contributed by atoms with Gasteiger partial charge in [0.1, 0.15) is 0 Å². The average Bonchev–Trinajstić information content (AvgIpc) is 3.15. The van der Waals surface area contributed by atoms with Crippen molar-refractivity contribution in [2.45, 2.75) is 39.0 Å². The molecular formula is C22H22N4O3S. The molecule has 3 aromatic rings. The lowest BCUT2D eigenvalue weighted by Crippen LogP contribution is -2.28. The monoisotopic (exact) mass is 422 g/mol. The lowest BCUT2D eigenvalue weighted by Gasteiger charge is -2.17. The molecule has 1 saturated heterocycles. The number of carbonyl (C=O) groups excluding carboxylic acids is 2. The second-order valence-electron chi connectivity index (χ2n) is 8.04. The number of nitrogens with one attached hydrogen (secondary N) is 1. The highest BCUT2D eigenvalue weighted by molar-refractivity contribution is 7.16. The van der Waals surface area contributed by atoms with Crippen LogP contribution in [0.1, 0.15) is 41.5 Å². The summed E-state index contributed by atoms with van der Waals surface area (Å²) in [5.41, 5.74) is 2.70. The van der Waals surface area contributed by atoms with Gasteiger partial charge in [-0.25, -0.2) is 0 Å². The molecule has 2 fully saturated rings. The minimum atomic E-state index is -0.381. The van der Waals surface area contributed by atoms with Gasteiger partial charge >= 0.3 is 0 Å². The fourth-order valence-electron chi connectivity index (χ4n) is 3.64. The Bertz CT molecular complexity index is 1110. The lowest BCUT2D eigenvalue weighted by molar-refractivity contribution is -0.122. The summed E-state index contributed by atoms with van der Waals surface area (Å²) >= 11 is 1.52. The van der Waals surface area contributed by atoms with E-state index in [-0.39, 0.29) is 24.2 Å². The number of aromatic nitrogens is 2. The van der Waals surface area contributed by atoms with Crippen LogP contribution in [0.2, 0.25) is 0 Å². The number of hydrogen-bond donors (Lipinski definition) is 1. The third-order valence-corrected chi connectivity index (χ3v) is 6.65. The Morgan fingerprint density at radius 3 is 2.73 bits per heavy atom. The van der Waals surface area contributed by atoms with Gasteiger partial charge in [0, 0.05) is 29.4 Å². The summed E-state index contributed by atoms with van der Waals surface area (Å²) in [5.74, 6) is 1.11. The first kappa shape index (κ1) is 19.0. The summed E-state index contributed by atoms with van der Waals surface area (Å²) < 4.78 is 5.34. The molecule has 0 spiro atoms. The van der Waals surface area contributed by atoms with E-state index in [0.29, 0.717) is 24.2 Å². The first-order valence-electron chi connectivity index (χ1n) is 10.1.